The predicted octanol–water partition coefficient (Wildman–Crippen LogP) is 3.17. The van der Waals surface area contributed by atoms with Crippen LogP contribution < -0.4 is 4.74 Å². The first kappa shape index (κ1) is 21.3. The van der Waals surface area contributed by atoms with Crippen molar-refractivity contribution >= 4 is 5.91 Å². The van der Waals surface area contributed by atoms with Gasteiger partial charge in [0.1, 0.15) is 11.6 Å². The lowest BCUT2D eigenvalue weighted by molar-refractivity contribution is -0.133. The van der Waals surface area contributed by atoms with E-state index in [2.05, 4.69) is 16.7 Å². The van der Waals surface area contributed by atoms with Gasteiger partial charge in [0.25, 0.3) is 0 Å². The smallest absolute Gasteiger partial charge is 0.236 e. The van der Waals surface area contributed by atoms with Gasteiger partial charge < -0.3 is 9.64 Å². The zero-order valence-electron chi connectivity index (χ0n) is 17.5. The molecule has 0 saturated carbocycles. The molecule has 0 bridgehead atoms. The Labute approximate surface area is 172 Å². The molecule has 0 radical (unpaired) electrons. The zero-order chi connectivity index (χ0) is 20.8. The number of methoxy groups -OCH3 is 1. The van der Waals surface area contributed by atoms with E-state index in [-0.39, 0.29) is 17.8 Å². The van der Waals surface area contributed by atoms with E-state index in [4.69, 9.17) is 4.74 Å². The van der Waals surface area contributed by atoms with E-state index in [0.717, 1.165) is 37.3 Å². The molecule has 1 amide bonds. The Morgan fingerprint density at radius 1 is 1.10 bits per heavy atom. The van der Waals surface area contributed by atoms with E-state index in [1.807, 2.05) is 42.3 Å². The molecule has 2 aromatic rings. The van der Waals surface area contributed by atoms with Gasteiger partial charge in [-0.3, -0.25) is 14.6 Å². The van der Waals surface area contributed by atoms with Crippen LogP contribution in [0.15, 0.2) is 48.5 Å². The van der Waals surface area contributed by atoms with Crippen LogP contribution in [0.3, 0.4) is 0 Å². The number of nitrogens with zero attached hydrogens (tertiary/aromatic N) is 3. The van der Waals surface area contributed by atoms with Crippen molar-refractivity contribution in [1.29, 1.82) is 0 Å². The van der Waals surface area contributed by atoms with Crippen molar-refractivity contribution in [3.63, 3.8) is 0 Å². The summed E-state index contributed by atoms with van der Waals surface area (Å²) < 4.78 is 18.9. The molecule has 0 unspecified atom stereocenters. The van der Waals surface area contributed by atoms with Gasteiger partial charge in [0.05, 0.1) is 19.7 Å². The summed E-state index contributed by atoms with van der Waals surface area (Å²) in [6, 6.07) is 14.7. The summed E-state index contributed by atoms with van der Waals surface area (Å²) in [5.74, 6) is 0.586. The normalized spacial score (nSPS) is 16.4. The molecule has 2 aromatic carbocycles. The summed E-state index contributed by atoms with van der Waals surface area (Å²) in [7, 11) is 3.47. The third-order valence-electron chi connectivity index (χ3n) is 5.72. The highest BCUT2D eigenvalue weighted by Crippen LogP contribution is 2.22. The maximum Gasteiger partial charge on any atom is 0.236 e. The molecule has 1 aliphatic heterocycles. The standard InChI is InChI=1S/C23H30FN3O2/c1-18(19-7-5-4-6-8-19)25(2)23(28)17-27-13-11-26(12-14-27)16-20-15-21(24)9-10-22(20)29-3/h4-10,15,18H,11-14,16-17H2,1-3H3/t18-/m1/s1. The number of carbonyl (C=O) groups excluding carboxylic acids is 1. The van der Waals surface area contributed by atoms with Crippen LogP contribution in [-0.4, -0.2) is 67.5 Å². The minimum absolute atomic E-state index is 0.0467. The van der Waals surface area contributed by atoms with E-state index in [1.165, 1.54) is 12.1 Å². The molecule has 0 N–H and O–H groups in total. The zero-order valence-corrected chi connectivity index (χ0v) is 17.5. The number of halogens is 1. The molecule has 6 heteroatoms. The average molecular weight is 400 g/mol. The monoisotopic (exact) mass is 399 g/mol. The molecular weight excluding hydrogens is 369 g/mol. The van der Waals surface area contributed by atoms with Gasteiger partial charge in [-0.05, 0) is 30.7 Å². The molecule has 1 aliphatic rings. The van der Waals surface area contributed by atoms with Crippen LogP contribution >= 0.6 is 0 Å². The van der Waals surface area contributed by atoms with Crippen LogP contribution in [0.2, 0.25) is 0 Å². The number of hydrogen-bond donors (Lipinski definition) is 0. The van der Waals surface area contributed by atoms with Crippen molar-refractivity contribution in [2.75, 3.05) is 46.9 Å². The van der Waals surface area contributed by atoms with Gasteiger partial charge in [0.15, 0.2) is 0 Å². The van der Waals surface area contributed by atoms with Crippen molar-refractivity contribution < 1.29 is 13.9 Å². The number of benzene rings is 2. The number of rotatable bonds is 7. The fraction of sp³-hybridized carbons (Fsp3) is 0.435. The summed E-state index contributed by atoms with van der Waals surface area (Å²) in [5.41, 5.74) is 1.99. The van der Waals surface area contributed by atoms with Crippen LogP contribution in [0.5, 0.6) is 5.75 Å². The predicted molar refractivity (Wildman–Crippen MR) is 112 cm³/mol. The molecule has 29 heavy (non-hydrogen) atoms. The SMILES string of the molecule is COc1ccc(F)cc1CN1CCN(CC(=O)N(C)[C@H](C)c2ccccc2)CC1. The molecular formula is C23H30FN3O2. The highest BCUT2D eigenvalue weighted by Gasteiger charge is 2.23. The second-order valence-corrected chi connectivity index (χ2v) is 7.60. The Kier molecular flexibility index (Phi) is 7.23. The van der Waals surface area contributed by atoms with Crippen molar-refractivity contribution in [2.45, 2.75) is 19.5 Å². The van der Waals surface area contributed by atoms with Gasteiger partial charge in [-0.25, -0.2) is 4.39 Å². The third-order valence-corrected chi connectivity index (χ3v) is 5.72. The Hall–Kier alpha value is -2.44. The van der Waals surface area contributed by atoms with Crippen molar-refractivity contribution in [2.24, 2.45) is 0 Å². The van der Waals surface area contributed by atoms with Crippen LogP contribution in [0.1, 0.15) is 24.1 Å². The van der Waals surface area contributed by atoms with Crippen molar-refractivity contribution in [1.82, 2.24) is 14.7 Å². The highest BCUT2D eigenvalue weighted by atomic mass is 19.1. The van der Waals surface area contributed by atoms with Gasteiger partial charge in [0, 0.05) is 45.3 Å². The van der Waals surface area contributed by atoms with Gasteiger partial charge in [0.2, 0.25) is 5.91 Å². The Morgan fingerprint density at radius 2 is 1.76 bits per heavy atom. The van der Waals surface area contributed by atoms with Crippen molar-refractivity contribution in [3.8, 4) is 5.75 Å². The Bertz CT molecular complexity index is 807. The molecule has 0 aromatic heterocycles. The van der Waals surface area contributed by atoms with Gasteiger partial charge in [-0.1, -0.05) is 30.3 Å². The summed E-state index contributed by atoms with van der Waals surface area (Å²) in [4.78, 5) is 19.0. The van der Waals surface area contributed by atoms with Crippen molar-refractivity contribution in [3.05, 3.63) is 65.5 Å². The van der Waals surface area contributed by atoms with Crippen LogP contribution in [0, 0.1) is 5.82 Å². The third kappa shape index (κ3) is 5.55. The Morgan fingerprint density at radius 3 is 2.41 bits per heavy atom. The number of likely N-dealkylation sites (N-methyl/N-ethyl adjacent to an activating group) is 1. The van der Waals surface area contributed by atoms with Crippen LogP contribution in [0.25, 0.3) is 0 Å². The number of amides is 1. The number of piperazine rings is 1. The lowest BCUT2D eigenvalue weighted by Gasteiger charge is -2.36. The summed E-state index contributed by atoms with van der Waals surface area (Å²) in [5, 5.41) is 0. The maximum absolute atomic E-state index is 13.6. The lowest BCUT2D eigenvalue weighted by atomic mass is 10.1. The number of carbonyl (C=O) groups is 1. The topological polar surface area (TPSA) is 36.0 Å². The molecule has 1 heterocycles. The highest BCUT2D eigenvalue weighted by molar-refractivity contribution is 5.78. The first-order valence-corrected chi connectivity index (χ1v) is 10.1. The quantitative estimate of drug-likeness (QED) is 0.717. The van der Waals surface area contributed by atoms with Crippen LogP contribution in [0.4, 0.5) is 4.39 Å². The minimum atomic E-state index is -0.249. The van der Waals surface area contributed by atoms with Gasteiger partial charge in [-0.2, -0.15) is 0 Å². The second kappa shape index (κ2) is 9.85. The molecule has 0 spiro atoms. The van der Waals surface area contributed by atoms with Gasteiger partial charge in [-0.15, -0.1) is 0 Å². The minimum Gasteiger partial charge on any atom is -0.496 e. The molecule has 5 nitrogen and oxygen atoms in total. The van der Waals surface area contributed by atoms with E-state index < -0.39 is 0 Å². The molecule has 1 fully saturated rings. The second-order valence-electron chi connectivity index (χ2n) is 7.60. The fourth-order valence-electron chi connectivity index (χ4n) is 3.69. The van der Waals surface area contributed by atoms with E-state index in [0.29, 0.717) is 18.8 Å². The van der Waals surface area contributed by atoms with E-state index in [1.54, 1.807) is 13.2 Å². The molecule has 1 atom stereocenters. The number of hydrogen-bond acceptors (Lipinski definition) is 4. The maximum atomic E-state index is 13.6. The number of ether oxygens (including phenoxy) is 1. The largest absolute Gasteiger partial charge is 0.496 e. The van der Waals surface area contributed by atoms with E-state index >= 15 is 0 Å². The van der Waals surface area contributed by atoms with Gasteiger partial charge >= 0.3 is 0 Å². The van der Waals surface area contributed by atoms with E-state index in [9.17, 15) is 9.18 Å². The molecule has 156 valence electrons. The molecule has 1 saturated heterocycles. The van der Waals surface area contributed by atoms with Crippen LogP contribution in [-0.2, 0) is 11.3 Å². The fourth-order valence-corrected chi connectivity index (χ4v) is 3.69. The average Bonchev–Trinajstić information content (AvgIpc) is 2.75. The lowest BCUT2D eigenvalue weighted by Crippen LogP contribution is -2.49. The summed E-state index contributed by atoms with van der Waals surface area (Å²) in [6.07, 6.45) is 0. The first-order chi connectivity index (χ1) is 14.0. The molecule has 3 rings (SSSR count). The Balaban J connectivity index is 1.49. The molecule has 0 aliphatic carbocycles. The first-order valence-electron chi connectivity index (χ1n) is 10.1. The summed E-state index contributed by atoms with van der Waals surface area (Å²) >= 11 is 0. The summed E-state index contributed by atoms with van der Waals surface area (Å²) in [6.45, 7) is 6.43.